The van der Waals surface area contributed by atoms with Crippen molar-refractivity contribution in [3.63, 3.8) is 0 Å². The smallest absolute Gasteiger partial charge is 0.220 e. The molecule has 0 spiro atoms. The zero-order valence-electron chi connectivity index (χ0n) is 16.9. The van der Waals surface area contributed by atoms with Gasteiger partial charge in [0.05, 0.1) is 46.2 Å². The lowest BCUT2D eigenvalue weighted by atomic mass is 10.1. The number of hydrogen-bond acceptors (Lipinski definition) is 6. The molecule has 0 heterocycles. The molecule has 27 heavy (non-hydrogen) atoms. The number of amides is 1. The Kier molecular flexibility index (Phi) is 24.0. The molecule has 2 N–H and O–H groups in total. The minimum atomic E-state index is 0.114. The number of unbranched alkanes of at least 4 members (excludes halogenated alkanes) is 5. The number of carbonyl (C=O) groups is 1. The second-order valence-corrected chi connectivity index (χ2v) is 6.85. The van der Waals surface area contributed by atoms with Crippen LogP contribution in [0.2, 0.25) is 0 Å². The summed E-state index contributed by atoms with van der Waals surface area (Å²) in [6.07, 6.45) is 7.43. The zero-order chi connectivity index (χ0) is 19.8. The Morgan fingerprint density at radius 3 is 1.93 bits per heavy atom. The van der Waals surface area contributed by atoms with Crippen LogP contribution in [-0.4, -0.2) is 71.8 Å². The highest BCUT2D eigenvalue weighted by Gasteiger charge is 2.00. The largest absolute Gasteiger partial charge is 0.378 e. The van der Waals surface area contributed by atoms with Crippen molar-refractivity contribution in [2.75, 3.05) is 65.9 Å². The number of hydrogen-bond donors (Lipinski definition) is 2. The zero-order valence-corrected chi connectivity index (χ0v) is 19.1. The van der Waals surface area contributed by atoms with E-state index >= 15 is 0 Å². The van der Waals surface area contributed by atoms with Crippen LogP contribution in [0, 0.1) is 0 Å². The van der Waals surface area contributed by atoms with Gasteiger partial charge in [0.25, 0.3) is 0 Å². The van der Waals surface area contributed by atoms with Gasteiger partial charge in [-0.05, 0) is 19.4 Å². The summed E-state index contributed by atoms with van der Waals surface area (Å²) in [7, 11) is 0. The van der Waals surface area contributed by atoms with Gasteiger partial charge in [-0.2, -0.15) is 0 Å². The molecule has 1 amide bonds. The second-order valence-electron chi connectivity index (χ2n) is 6.23. The molecule has 7 nitrogen and oxygen atoms in total. The van der Waals surface area contributed by atoms with Gasteiger partial charge in [-0.1, -0.05) is 32.6 Å². The molecule has 162 valence electrons. The minimum Gasteiger partial charge on any atom is -0.378 e. The molecule has 0 aliphatic carbocycles. The van der Waals surface area contributed by atoms with Gasteiger partial charge in [0.15, 0.2) is 0 Å². The van der Waals surface area contributed by atoms with Crippen LogP contribution < -0.4 is 10.6 Å². The van der Waals surface area contributed by atoms with Crippen molar-refractivity contribution >= 4 is 28.9 Å². The van der Waals surface area contributed by atoms with Crippen molar-refractivity contribution in [2.24, 2.45) is 0 Å². The van der Waals surface area contributed by atoms with E-state index in [1.54, 1.807) is 0 Å². The molecule has 8 heteroatoms. The number of nitrogens with one attached hydrogen (secondary N) is 2. The lowest BCUT2D eigenvalue weighted by Gasteiger charge is -2.08. The van der Waals surface area contributed by atoms with Gasteiger partial charge >= 0.3 is 0 Å². The minimum absolute atomic E-state index is 0.114. The summed E-state index contributed by atoms with van der Waals surface area (Å²) in [5.41, 5.74) is 0. The van der Waals surface area contributed by atoms with Gasteiger partial charge in [-0.3, -0.25) is 4.79 Å². The molecule has 0 saturated carbocycles. The van der Waals surface area contributed by atoms with Gasteiger partial charge < -0.3 is 27.9 Å². The van der Waals surface area contributed by atoms with E-state index in [1.807, 2.05) is 23.0 Å². The third kappa shape index (κ3) is 24.0. The van der Waals surface area contributed by atoms with Crippen LogP contribution in [0.1, 0.15) is 51.9 Å². The van der Waals surface area contributed by atoms with Gasteiger partial charge in [0.1, 0.15) is 23.0 Å². The quantitative estimate of drug-likeness (QED) is 0.175. The Morgan fingerprint density at radius 1 is 0.741 bits per heavy atom. The van der Waals surface area contributed by atoms with Crippen LogP contribution in [0.5, 0.6) is 0 Å². The summed E-state index contributed by atoms with van der Waals surface area (Å²) in [5.74, 6) is 0.114. The van der Waals surface area contributed by atoms with Crippen LogP contribution in [0.3, 0.4) is 0 Å². The SMILES string of the molecule is CCNCCOCCOCCOCCNC(=O)CCCCCCCCOI. The van der Waals surface area contributed by atoms with E-state index in [4.69, 9.17) is 17.3 Å². The molecule has 0 bridgehead atoms. The van der Waals surface area contributed by atoms with Crippen LogP contribution >= 0.6 is 23.0 Å². The van der Waals surface area contributed by atoms with Crippen molar-refractivity contribution < 1.29 is 22.1 Å². The van der Waals surface area contributed by atoms with Crippen molar-refractivity contribution in [1.29, 1.82) is 0 Å². The molecule has 0 rings (SSSR count). The summed E-state index contributed by atoms with van der Waals surface area (Å²) in [4.78, 5) is 11.7. The third-order valence-electron chi connectivity index (χ3n) is 3.86. The molecule has 0 aliphatic heterocycles. The molecule has 0 radical (unpaired) electrons. The molecule has 0 aromatic rings. The summed E-state index contributed by atoms with van der Waals surface area (Å²) in [6, 6.07) is 0. The highest BCUT2D eigenvalue weighted by atomic mass is 127. The average Bonchev–Trinajstić information content (AvgIpc) is 2.67. The van der Waals surface area contributed by atoms with Crippen molar-refractivity contribution in [1.82, 2.24) is 10.6 Å². The van der Waals surface area contributed by atoms with Crippen molar-refractivity contribution in [3.8, 4) is 0 Å². The first kappa shape index (κ1) is 27.0. The summed E-state index contributed by atoms with van der Waals surface area (Å²) in [5, 5.41) is 6.08. The van der Waals surface area contributed by atoms with Crippen LogP contribution in [0.25, 0.3) is 0 Å². The molecule has 0 fully saturated rings. The predicted molar refractivity (Wildman–Crippen MR) is 116 cm³/mol. The number of ether oxygens (including phenoxy) is 3. The lowest BCUT2D eigenvalue weighted by molar-refractivity contribution is -0.121. The van der Waals surface area contributed by atoms with E-state index in [0.29, 0.717) is 52.6 Å². The van der Waals surface area contributed by atoms with E-state index in [9.17, 15) is 4.79 Å². The third-order valence-corrected chi connectivity index (χ3v) is 4.30. The van der Waals surface area contributed by atoms with Gasteiger partial charge in [0, 0.05) is 19.5 Å². The van der Waals surface area contributed by atoms with Gasteiger partial charge in [-0.15, -0.1) is 0 Å². The van der Waals surface area contributed by atoms with E-state index in [2.05, 4.69) is 17.6 Å². The first-order chi connectivity index (χ1) is 13.3. The Morgan fingerprint density at radius 2 is 1.30 bits per heavy atom. The van der Waals surface area contributed by atoms with E-state index < -0.39 is 0 Å². The van der Waals surface area contributed by atoms with Crippen molar-refractivity contribution in [3.05, 3.63) is 0 Å². The predicted octanol–water partition coefficient (Wildman–Crippen LogP) is 2.86. The Hall–Kier alpha value is 0. The number of likely N-dealkylation sites (N-methyl/N-ethyl adjacent to an activating group) is 1. The van der Waals surface area contributed by atoms with Crippen molar-refractivity contribution in [2.45, 2.75) is 51.9 Å². The summed E-state index contributed by atoms with van der Waals surface area (Å²) < 4.78 is 21.2. The number of halogens is 1. The first-order valence-electron chi connectivity index (χ1n) is 10.3. The topological polar surface area (TPSA) is 78.0 Å². The Balaban J connectivity index is 3.12. The number of carbonyl (C=O) groups excluding carboxylic acids is 1. The second kappa shape index (κ2) is 24.0. The fraction of sp³-hybridized carbons (Fsp3) is 0.947. The van der Waals surface area contributed by atoms with Crippen LogP contribution in [0.4, 0.5) is 0 Å². The number of rotatable bonds is 22. The lowest BCUT2D eigenvalue weighted by Crippen LogP contribution is -2.27. The Bertz CT molecular complexity index is 312. The fourth-order valence-electron chi connectivity index (χ4n) is 2.36. The molecular formula is C19H39IN2O5. The van der Waals surface area contributed by atoms with E-state index in [1.165, 1.54) is 19.3 Å². The highest BCUT2D eigenvalue weighted by Crippen LogP contribution is 2.07. The molecule has 0 unspecified atom stereocenters. The van der Waals surface area contributed by atoms with Crippen LogP contribution in [-0.2, 0) is 22.1 Å². The van der Waals surface area contributed by atoms with E-state index in [0.717, 1.165) is 39.0 Å². The molecular weight excluding hydrogens is 463 g/mol. The molecule has 0 atom stereocenters. The standard InChI is InChI=1S/C19H39IN2O5/c1-2-21-10-13-24-15-17-26-18-16-25-14-11-22-19(23)9-7-5-3-4-6-8-12-27-20/h21H,2-18H2,1H3,(H,22,23). The Labute approximate surface area is 179 Å². The van der Waals surface area contributed by atoms with E-state index in [-0.39, 0.29) is 5.91 Å². The normalized spacial score (nSPS) is 11.0. The molecule has 0 saturated heterocycles. The monoisotopic (exact) mass is 502 g/mol. The highest BCUT2D eigenvalue weighted by molar-refractivity contribution is 14.1. The van der Waals surface area contributed by atoms with Gasteiger partial charge in [0.2, 0.25) is 5.91 Å². The van der Waals surface area contributed by atoms with Gasteiger partial charge in [-0.25, -0.2) is 0 Å². The maximum Gasteiger partial charge on any atom is 0.220 e. The average molecular weight is 502 g/mol. The maximum absolute atomic E-state index is 11.7. The molecule has 0 aromatic heterocycles. The molecule has 0 aromatic carbocycles. The molecule has 0 aliphatic rings. The first-order valence-corrected chi connectivity index (χ1v) is 11.1. The summed E-state index contributed by atoms with van der Waals surface area (Å²) in [6.45, 7) is 8.81. The maximum atomic E-state index is 11.7. The fourth-order valence-corrected chi connectivity index (χ4v) is 2.67. The van der Waals surface area contributed by atoms with Crippen LogP contribution in [0.15, 0.2) is 0 Å². The summed E-state index contributed by atoms with van der Waals surface area (Å²) >= 11 is 1.93.